The predicted octanol–water partition coefficient (Wildman–Crippen LogP) is 3.16. The van der Waals surface area contributed by atoms with Crippen LogP contribution in [-0.4, -0.2) is 64.9 Å². The zero-order valence-corrected chi connectivity index (χ0v) is 18.5. The zero-order valence-electron chi connectivity index (χ0n) is 18.5. The number of methoxy groups -OCH3 is 1. The minimum atomic E-state index is -0.737. The molecule has 2 heterocycles. The van der Waals surface area contributed by atoms with Gasteiger partial charge in [-0.15, -0.1) is 0 Å². The molecule has 1 aliphatic rings. The summed E-state index contributed by atoms with van der Waals surface area (Å²) in [5.74, 6) is -0.835. The van der Waals surface area contributed by atoms with Crippen LogP contribution in [0, 0.1) is 6.92 Å². The first-order chi connectivity index (χ1) is 14.9. The molecule has 0 bridgehead atoms. The molecular formula is C24H29N3O4. The van der Waals surface area contributed by atoms with Crippen LogP contribution in [0.3, 0.4) is 0 Å². The number of pyridine rings is 1. The Labute approximate surface area is 183 Å². The standard InChI is InChI=1S/C24H29N3O4/c1-5-26(6-2)13-14-27-21(18-9-7-8-12-25-18)20(23(29)24(27)30)22(28)17-10-11-19(31-4)16(3)15-17/h7-12,15,21,28H,5-6,13-14H2,1-4H3/b22-20+/t21-/m1/s1. The number of nitrogens with zero attached hydrogens (tertiary/aromatic N) is 3. The van der Waals surface area contributed by atoms with Gasteiger partial charge in [-0.3, -0.25) is 14.6 Å². The second kappa shape index (κ2) is 9.75. The number of aryl methyl sites for hydroxylation is 1. The van der Waals surface area contributed by atoms with Gasteiger partial charge in [-0.25, -0.2) is 0 Å². The molecule has 31 heavy (non-hydrogen) atoms. The number of aliphatic hydroxyl groups excluding tert-OH is 1. The first-order valence-electron chi connectivity index (χ1n) is 10.5. The number of ketones is 1. The molecule has 0 radical (unpaired) electrons. The number of carbonyl (C=O) groups excluding carboxylic acids is 2. The maximum Gasteiger partial charge on any atom is 0.295 e. The molecule has 3 rings (SSSR count). The summed E-state index contributed by atoms with van der Waals surface area (Å²) in [5, 5.41) is 11.1. The van der Waals surface area contributed by atoms with Crippen molar-refractivity contribution < 1.29 is 19.4 Å². The molecule has 0 unspecified atom stereocenters. The molecule has 1 amide bonds. The van der Waals surface area contributed by atoms with E-state index in [1.165, 1.54) is 4.90 Å². The van der Waals surface area contributed by atoms with Crippen molar-refractivity contribution in [1.29, 1.82) is 0 Å². The molecule has 1 aromatic heterocycles. The van der Waals surface area contributed by atoms with Gasteiger partial charge in [0.05, 0.1) is 18.4 Å². The van der Waals surface area contributed by atoms with E-state index >= 15 is 0 Å². The Kier molecular flexibility index (Phi) is 7.07. The third-order valence-corrected chi connectivity index (χ3v) is 5.73. The summed E-state index contributed by atoms with van der Waals surface area (Å²) in [4.78, 5) is 34.1. The third kappa shape index (κ3) is 4.46. The van der Waals surface area contributed by atoms with Crippen molar-refractivity contribution in [3.8, 4) is 5.75 Å². The number of ether oxygens (including phenoxy) is 1. The number of carbonyl (C=O) groups is 2. The minimum absolute atomic E-state index is 0.0628. The van der Waals surface area contributed by atoms with Gasteiger partial charge >= 0.3 is 0 Å². The Bertz CT molecular complexity index is 984. The van der Waals surface area contributed by atoms with E-state index in [1.807, 2.05) is 13.0 Å². The van der Waals surface area contributed by atoms with Crippen LogP contribution >= 0.6 is 0 Å². The van der Waals surface area contributed by atoms with Crippen molar-refractivity contribution in [2.75, 3.05) is 33.3 Å². The van der Waals surface area contributed by atoms with Crippen LogP contribution < -0.4 is 4.74 Å². The molecule has 1 saturated heterocycles. The molecule has 1 atom stereocenters. The highest BCUT2D eigenvalue weighted by Crippen LogP contribution is 2.38. The van der Waals surface area contributed by atoms with E-state index in [0.717, 1.165) is 18.7 Å². The summed E-state index contributed by atoms with van der Waals surface area (Å²) in [6, 6.07) is 9.78. The molecule has 0 aliphatic carbocycles. The fraction of sp³-hybridized carbons (Fsp3) is 0.375. The number of hydrogen-bond donors (Lipinski definition) is 1. The normalized spacial score (nSPS) is 18.1. The van der Waals surface area contributed by atoms with Crippen molar-refractivity contribution >= 4 is 17.4 Å². The zero-order chi connectivity index (χ0) is 22.5. The fourth-order valence-corrected chi connectivity index (χ4v) is 3.93. The second-order valence-corrected chi connectivity index (χ2v) is 7.46. The van der Waals surface area contributed by atoms with E-state index in [4.69, 9.17) is 4.74 Å². The number of rotatable bonds is 8. The number of likely N-dealkylation sites (tertiary alicyclic amines) is 1. The smallest absolute Gasteiger partial charge is 0.295 e. The van der Waals surface area contributed by atoms with Crippen molar-refractivity contribution in [2.45, 2.75) is 26.8 Å². The van der Waals surface area contributed by atoms with Crippen LogP contribution in [0.2, 0.25) is 0 Å². The maximum atomic E-state index is 13.0. The number of Topliss-reactive ketones (excluding diaryl/α,β-unsaturated/α-hetero) is 1. The lowest BCUT2D eigenvalue weighted by Crippen LogP contribution is -2.38. The van der Waals surface area contributed by atoms with Crippen LogP contribution in [0.4, 0.5) is 0 Å². The molecule has 7 nitrogen and oxygen atoms in total. The number of benzene rings is 1. The molecule has 1 fully saturated rings. The summed E-state index contributed by atoms with van der Waals surface area (Å²) in [7, 11) is 1.57. The van der Waals surface area contributed by atoms with Gasteiger partial charge in [0.15, 0.2) is 0 Å². The third-order valence-electron chi connectivity index (χ3n) is 5.73. The van der Waals surface area contributed by atoms with Crippen molar-refractivity contribution in [3.63, 3.8) is 0 Å². The lowest BCUT2D eigenvalue weighted by Gasteiger charge is -2.27. The highest BCUT2D eigenvalue weighted by atomic mass is 16.5. The van der Waals surface area contributed by atoms with Gasteiger partial charge in [0.2, 0.25) is 0 Å². The highest BCUT2D eigenvalue weighted by Gasteiger charge is 2.46. The topological polar surface area (TPSA) is 83.0 Å². The second-order valence-electron chi connectivity index (χ2n) is 7.46. The lowest BCUT2D eigenvalue weighted by molar-refractivity contribution is -0.140. The Morgan fingerprint density at radius 1 is 1.19 bits per heavy atom. The molecule has 2 aromatic rings. The van der Waals surface area contributed by atoms with Crippen LogP contribution in [0.25, 0.3) is 5.76 Å². The van der Waals surface area contributed by atoms with Crippen LogP contribution in [0.15, 0.2) is 48.2 Å². The quantitative estimate of drug-likeness (QED) is 0.399. The van der Waals surface area contributed by atoms with Gasteiger partial charge in [-0.2, -0.15) is 0 Å². The number of aliphatic hydroxyl groups is 1. The Balaban J connectivity index is 2.08. The monoisotopic (exact) mass is 423 g/mol. The van der Waals surface area contributed by atoms with Gasteiger partial charge in [0.1, 0.15) is 17.6 Å². The fourth-order valence-electron chi connectivity index (χ4n) is 3.93. The Morgan fingerprint density at radius 2 is 1.94 bits per heavy atom. The van der Waals surface area contributed by atoms with Gasteiger partial charge in [0, 0.05) is 24.8 Å². The predicted molar refractivity (Wildman–Crippen MR) is 119 cm³/mol. The summed E-state index contributed by atoms with van der Waals surface area (Å²) in [5.41, 5.74) is 1.89. The molecule has 0 saturated carbocycles. The largest absolute Gasteiger partial charge is 0.507 e. The number of likely N-dealkylation sites (N-methyl/N-ethyl adjacent to an activating group) is 1. The Morgan fingerprint density at radius 3 is 2.52 bits per heavy atom. The van der Waals surface area contributed by atoms with E-state index in [-0.39, 0.29) is 11.3 Å². The van der Waals surface area contributed by atoms with Crippen LogP contribution in [-0.2, 0) is 9.59 Å². The number of amides is 1. The number of aromatic nitrogens is 1. The van der Waals surface area contributed by atoms with Crippen molar-refractivity contribution in [1.82, 2.24) is 14.8 Å². The molecule has 1 N–H and O–H groups in total. The van der Waals surface area contributed by atoms with E-state index in [0.29, 0.717) is 30.1 Å². The molecule has 0 spiro atoms. The minimum Gasteiger partial charge on any atom is -0.507 e. The van der Waals surface area contributed by atoms with E-state index in [1.54, 1.807) is 43.6 Å². The van der Waals surface area contributed by atoms with Gasteiger partial charge in [-0.1, -0.05) is 19.9 Å². The van der Waals surface area contributed by atoms with Crippen LogP contribution in [0.1, 0.15) is 36.7 Å². The first kappa shape index (κ1) is 22.5. The average Bonchev–Trinajstić information content (AvgIpc) is 3.04. The first-order valence-corrected chi connectivity index (χ1v) is 10.5. The summed E-state index contributed by atoms with van der Waals surface area (Å²) < 4.78 is 5.28. The van der Waals surface area contributed by atoms with Gasteiger partial charge < -0.3 is 19.6 Å². The molecule has 164 valence electrons. The van der Waals surface area contributed by atoms with E-state index < -0.39 is 17.7 Å². The van der Waals surface area contributed by atoms with E-state index in [2.05, 4.69) is 23.7 Å². The van der Waals surface area contributed by atoms with Crippen LogP contribution in [0.5, 0.6) is 5.75 Å². The maximum absolute atomic E-state index is 13.0. The number of hydrogen-bond acceptors (Lipinski definition) is 6. The van der Waals surface area contributed by atoms with Gasteiger partial charge in [-0.05, 0) is 55.9 Å². The highest BCUT2D eigenvalue weighted by molar-refractivity contribution is 6.46. The lowest BCUT2D eigenvalue weighted by atomic mass is 9.97. The van der Waals surface area contributed by atoms with Crippen molar-refractivity contribution in [2.24, 2.45) is 0 Å². The average molecular weight is 424 g/mol. The molecule has 7 heteroatoms. The van der Waals surface area contributed by atoms with Crippen molar-refractivity contribution in [3.05, 3.63) is 65.0 Å². The molecule has 1 aromatic carbocycles. The summed E-state index contributed by atoms with van der Waals surface area (Å²) in [6.45, 7) is 8.66. The summed E-state index contributed by atoms with van der Waals surface area (Å²) >= 11 is 0. The summed E-state index contributed by atoms with van der Waals surface area (Å²) in [6.07, 6.45) is 1.62. The van der Waals surface area contributed by atoms with E-state index in [9.17, 15) is 14.7 Å². The Hall–Kier alpha value is -3.19. The molecular weight excluding hydrogens is 394 g/mol. The van der Waals surface area contributed by atoms with Gasteiger partial charge in [0.25, 0.3) is 11.7 Å². The SMILES string of the molecule is CCN(CC)CCN1C(=O)C(=O)/C(=C(/O)c2ccc(OC)c(C)c2)[C@H]1c1ccccn1. The molecule has 1 aliphatic heterocycles.